The fourth-order valence-corrected chi connectivity index (χ4v) is 3.55. The van der Waals surface area contributed by atoms with E-state index in [1.165, 1.54) is 5.56 Å². The highest BCUT2D eigenvalue weighted by molar-refractivity contribution is 5.69. The van der Waals surface area contributed by atoms with Crippen molar-refractivity contribution in [2.24, 2.45) is 0 Å². The van der Waals surface area contributed by atoms with E-state index in [1.807, 2.05) is 30.6 Å². The number of aliphatic hydroxyl groups is 1. The Morgan fingerprint density at radius 3 is 2.72 bits per heavy atom. The highest BCUT2D eigenvalue weighted by Crippen LogP contribution is 2.27. The van der Waals surface area contributed by atoms with Crippen molar-refractivity contribution in [2.45, 2.75) is 13.2 Å². The Labute approximate surface area is 148 Å². The van der Waals surface area contributed by atoms with Crippen LogP contribution in [0.4, 0.5) is 0 Å². The van der Waals surface area contributed by atoms with Gasteiger partial charge in [-0.2, -0.15) is 0 Å². The Bertz CT molecular complexity index is 865. The molecule has 0 atom stereocenters. The quantitative estimate of drug-likeness (QED) is 0.794. The summed E-state index contributed by atoms with van der Waals surface area (Å²) in [5.74, 6) is 0. The Morgan fingerprint density at radius 1 is 1.08 bits per heavy atom. The Balaban J connectivity index is 1.66. The van der Waals surface area contributed by atoms with Crippen LogP contribution in [0.25, 0.3) is 16.9 Å². The lowest BCUT2D eigenvalue weighted by atomic mass is 10.1. The van der Waals surface area contributed by atoms with Crippen LogP contribution in [0.3, 0.4) is 0 Å². The van der Waals surface area contributed by atoms with Gasteiger partial charge in [-0.15, -0.1) is 0 Å². The fourth-order valence-electron chi connectivity index (χ4n) is 3.55. The molecular weight excluding hydrogens is 312 g/mol. The van der Waals surface area contributed by atoms with Crippen LogP contribution in [0.2, 0.25) is 0 Å². The van der Waals surface area contributed by atoms with E-state index < -0.39 is 0 Å². The first-order valence-electron chi connectivity index (χ1n) is 8.80. The van der Waals surface area contributed by atoms with Gasteiger partial charge < -0.3 is 14.4 Å². The standard InChI is InChI=1S/C20H24N4O/c1-22-8-10-23(11-9-22)14-16-5-6-21-19(12-16)20-17(15-25)13-18-4-2-3-7-24(18)20/h2-7,12-13,25H,8-11,14-15H2,1H3. The Morgan fingerprint density at radius 2 is 1.92 bits per heavy atom. The maximum Gasteiger partial charge on any atom is 0.0876 e. The smallest absolute Gasteiger partial charge is 0.0876 e. The van der Waals surface area contributed by atoms with Crippen molar-refractivity contribution in [1.29, 1.82) is 0 Å². The third-order valence-electron chi connectivity index (χ3n) is 5.00. The maximum atomic E-state index is 9.78. The van der Waals surface area contributed by atoms with Crippen molar-refractivity contribution in [2.75, 3.05) is 33.2 Å². The second-order valence-corrected chi connectivity index (χ2v) is 6.80. The summed E-state index contributed by atoms with van der Waals surface area (Å²) in [6, 6.07) is 12.4. The van der Waals surface area contributed by atoms with E-state index in [1.54, 1.807) is 0 Å². The number of likely N-dealkylation sites (N-methyl/N-ethyl adjacent to an activating group) is 1. The highest BCUT2D eigenvalue weighted by Gasteiger charge is 2.16. The number of aliphatic hydroxyl groups excluding tert-OH is 1. The molecule has 0 radical (unpaired) electrons. The molecule has 1 saturated heterocycles. The van der Waals surface area contributed by atoms with Gasteiger partial charge in [0.25, 0.3) is 0 Å². The molecular formula is C20H24N4O. The van der Waals surface area contributed by atoms with Gasteiger partial charge in [0.15, 0.2) is 0 Å². The lowest BCUT2D eigenvalue weighted by Crippen LogP contribution is -2.43. The fraction of sp³-hybridized carbons (Fsp3) is 0.350. The third-order valence-corrected chi connectivity index (χ3v) is 5.00. The minimum atomic E-state index is 0.0153. The van der Waals surface area contributed by atoms with E-state index in [4.69, 9.17) is 0 Å². The molecule has 5 nitrogen and oxygen atoms in total. The summed E-state index contributed by atoms with van der Waals surface area (Å²) in [4.78, 5) is 9.45. The minimum absolute atomic E-state index is 0.0153. The van der Waals surface area contributed by atoms with E-state index in [2.05, 4.69) is 44.4 Å². The topological polar surface area (TPSA) is 44.0 Å². The van der Waals surface area contributed by atoms with Crippen molar-refractivity contribution in [1.82, 2.24) is 19.2 Å². The molecule has 4 rings (SSSR count). The molecule has 4 heterocycles. The van der Waals surface area contributed by atoms with Crippen LogP contribution in [-0.2, 0) is 13.2 Å². The van der Waals surface area contributed by atoms with Crippen LogP contribution in [-0.4, -0.2) is 57.5 Å². The van der Waals surface area contributed by atoms with Crippen molar-refractivity contribution in [3.63, 3.8) is 0 Å². The van der Waals surface area contributed by atoms with Gasteiger partial charge in [-0.05, 0) is 42.9 Å². The van der Waals surface area contributed by atoms with Crippen LogP contribution in [0.1, 0.15) is 11.1 Å². The van der Waals surface area contributed by atoms with E-state index in [0.29, 0.717) is 0 Å². The number of pyridine rings is 2. The van der Waals surface area contributed by atoms with Crippen LogP contribution in [0.15, 0.2) is 48.8 Å². The molecule has 0 amide bonds. The summed E-state index contributed by atoms with van der Waals surface area (Å²) in [6.07, 6.45) is 3.91. The van der Waals surface area contributed by atoms with Crippen LogP contribution in [0.5, 0.6) is 0 Å². The molecule has 0 spiro atoms. The zero-order chi connectivity index (χ0) is 17.2. The second kappa shape index (κ2) is 6.96. The summed E-state index contributed by atoms with van der Waals surface area (Å²) in [5, 5.41) is 9.78. The number of hydrogen-bond donors (Lipinski definition) is 1. The van der Waals surface area contributed by atoms with Gasteiger partial charge in [-0.25, -0.2) is 0 Å². The van der Waals surface area contributed by atoms with Crippen molar-refractivity contribution >= 4 is 5.52 Å². The van der Waals surface area contributed by atoms with Crippen LogP contribution >= 0.6 is 0 Å². The SMILES string of the molecule is CN1CCN(Cc2ccnc(-c3c(CO)cc4ccccn34)c2)CC1. The van der Waals surface area contributed by atoms with Gasteiger partial charge in [-0.1, -0.05) is 6.07 Å². The van der Waals surface area contributed by atoms with Gasteiger partial charge in [-0.3, -0.25) is 9.88 Å². The predicted octanol–water partition coefficient (Wildman–Crippen LogP) is 2.24. The molecule has 1 N–H and O–H groups in total. The van der Waals surface area contributed by atoms with E-state index >= 15 is 0 Å². The summed E-state index contributed by atoms with van der Waals surface area (Å²) in [6.45, 7) is 5.41. The molecule has 1 aliphatic heterocycles. The largest absolute Gasteiger partial charge is 0.392 e. The first-order chi connectivity index (χ1) is 12.2. The van der Waals surface area contributed by atoms with Crippen LogP contribution < -0.4 is 0 Å². The van der Waals surface area contributed by atoms with Crippen molar-refractivity contribution < 1.29 is 5.11 Å². The maximum absolute atomic E-state index is 9.78. The number of hydrogen-bond acceptors (Lipinski definition) is 4. The number of aromatic nitrogens is 2. The zero-order valence-corrected chi connectivity index (χ0v) is 14.6. The van der Waals surface area contributed by atoms with E-state index in [-0.39, 0.29) is 6.61 Å². The molecule has 0 bridgehead atoms. The molecule has 1 aliphatic rings. The molecule has 25 heavy (non-hydrogen) atoms. The van der Waals surface area contributed by atoms with Gasteiger partial charge >= 0.3 is 0 Å². The highest BCUT2D eigenvalue weighted by atomic mass is 16.3. The predicted molar refractivity (Wildman–Crippen MR) is 99.3 cm³/mol. The van der Waals surface area contributed by atoms with Crippen LogP contribution in [0, 0.1) is 0 Å². The lowest BCUT2D eigenvalue weighted by molar-refractivity contribution is 0.148. The molecule has 5 heteroatoms. The minimum Gasteiger partial charge on any atom is -0.392 e. The van der Waals surface area contributed by atoms with Gasteiger partial charge in [0.05, 0.1) is 18.0 Å². The second-order valence-electron chi connectivity index (χ2n) is 6.80. The lowest BCUT2D eigenvalue weighted by Gasteiger charge is -2.32. The molecule has 0 aromatic carbocycles. The molecule has 130 valence electrons. The first kappa shape index (κ1) is 16.3. The summed E-state index contributed by atoms with van der Waals surface area (Å²) in [5.41, 5.74) is 5.16. The van der Waals surface area contributed by atoms with E-state index in [0.717, 1.165) is 55.2 Å². The Hall–Kier alpha value is -2.21. The summed E-state index contributed by atoms with van der Waals surface area (Å²) in [7, 11) is 2.18. The average Bonchev–Trinajstić information content (AvgIpc) is 3.02. The summed E-state index contributed by atoms with van der Waals surface area (Å²) < 4.78 is 2.10. The van der Waals surface area contributed by atoms with Gasteiger partial charge in [0, 0.05) is 56.2 Å². The third kappa shape index (κ3) is 3.31. The Kier molecular flexibility index (Phi) is 4.53. The normalized spacial score (nSPS) is 16.6. The zero-order valence-electron chi connectivity index (χ0n) is 14.6. The van der Waals surface area contributed by atoms with E-state index in [9.17, 15) is 5.11 Å². The average molecular weight is 336 g/mol. The molecule has 3 aromatic rings. The molecule has 0 saturated carbocycles. The van der Waals surface area contributed by atoms with Gasteiger partial charge in [0.1, 0.15) is 0 Å². The first-order valence-corrected chi connectivity index (χ1v) is 8.80. The number of nitrogens with zero attached hydrogens (tertiary/aromatic N) is 4. The number of piperazine rings is 1. The molecule has 0 unspecified atom stereocenters. The molecule has 1 fully saturated rings. The molecule has 0 aliphatic carbocycles. The monoisotopic (exact) mass is 336 g/mol. The van der Waals surface area contributed by atoms with Crippen molar-refractivity contribution in [3.8, 4) is 11.4 Å². The number of fused-ring (bicyclic) bond motifs is 1. The van der Waals surface area contributed by atoms with Gasteiger partial charge in [0.2, 0.25) is 0 Å². The van der Waals surface area contributed by atoms with Crippen molar-refractivity contribution in [3.05, 3.63) is 59.9 Å². The number of rotatable bonds is 4. The summed E-state index contributed by atoms with van der Waals surface area (Å²) >= 11 is 0. The molecule has 3 aromatic heterocycles.